The van der Waals surface area contributed by atoms with Gasteiger partial charge in [-0.1, -0.05) is 0 Å². The summed E-state index contributed by atoms with van der Waals surface area (Å²) in [5.41, 5.74) is 5.54. The van der Waals surface area contributed by atoms with Crippen molar-refractivity contribution in [3.63, 3.8) is 0 Å². The second kappa shape index (κ2) is 12.4. The molecule has 4 atom stereocenters. The quantitative estimate of drug-likeness (QED) is 0.251. The molecule has 170 valence electrons. The van der Waals surface area contributed by atoms with Gasteiger partial charge >= 0.3 is 11.9 Å². The average Bonchev–Trinajstić information content (AvgIpc) is 3.17. The molecule has 0 aliphatic carbocycles. The molecule has 1 aliphatic rings. The third kappa shape index (κ3) is 7.82. The number of hydrogen-bond acceptors (Lipinski definition) is 7. The molecule has 30 heavy (non-hydrogen) atoms. The first-order valence-electron chi connectivity index (χ1n) is 9.68. The molecular formula is C18H30N4O7S. The Balaban J connectivity index is 2.98. The zero-order valence-electron chi connectivity index (χ0n) is 17.1. The van der Waals surface area contributed by atoms with Crippen LogP contribution in [0, 0.1) is 0 Å². The zero-order valence-corrected chi connectivity index (χ0v) is 17.9. The number of likely N-dealkylation sites (tertiary alicyclic amines) is 1. The van der Waals surface area contributed by atoms with Gasteiger partial charge in [0.25, 0.3) is 0 Å². The fourth-order valence-corrected chi connectivity index (χ4v) is 3.56. The van der Waals surface area contributed by atoms with E-state index >= 15 is 0 Å². The third-order valence-corrected chi connectivity index (χ3v) is 5.38. The molecule has 6 N–H and O–H groups in total. The van der Waals surface area contributed by atoms with Crippen LogP contribution in [0.3, 0.4) is 0 Å². The molecule has 1 saturated heterocycles. The van der Waals surface area contributed by atoms with Gasteiger partial charge in [-0.3, -0.25) is 19.2 Å². The molecule has 0 bridgehead atoms. The zero-order chi connectivity index (χ0) is 22.8. The number of rotatable bonds is 12. The van der Waals surface area contributed by atoms with Gasteiger partial charge in [-0.2, -0.15) is 11.8 Å². The number of nitrogens with two attached hydrogens (primary N) is 1. The predicted octanol–water partition coefficient (Wildman–Crippen LogP) is -1.00. The molecule has 4 unspecified atom stereocenters. The number of nitrogens with zero attached hydrogens (tertiary/aromatic N) is 1. The molecular weight excluding hydrogens is 416 g/mol. The first kappa shape index (κ1) is 25.7. The lowest BCUT2D eigenvalue weighted by molar-refractivity contribution is -0.150. The number of hydrogen-bond donors (Lipinski definition) is 5. The van der Waals surface area contributed by atoms with Crippen molar-refractivity contribution in [2.45, 2.75) is 63.2 Å². The highest BCUT2D eigenvalue weighted by molar-refractivity contribution is 7.98. The Labute approximate surface area is 179 Å². The fraction of sp³-hybridized carbons (Fsp3) is 0.722. The van der Waals surface area contributed by atoms with Gasteiger partial charge in [-0.25, -0.2) is 4.79 Å². The number of carbonyl (C=O) groups excluding carboxylic acids is 3. The van der Waals surface area contributed by atoms with Crippen molar-refractivity contribution in [3.05, 3.63) is 0 Å². The third-order valence-electron chi connectivity index (χ3n) is 4.74. The molecule has 0 aromatic carbocycles. The first-order valence-corrected chi connectivity index (χ1v) is 11.1. The maximum atomic E-state index is 12.9. The van der Waals surface area contributed by atoms with Gasteiger partial charge in [0.05, 0.1) is 6.04 Å². The molecule has 1 fully saturated rings. The van der Waals surface area contributed by atoms with E-state index in [4.69, 9.17) is 10.8 Å². The molecule has 11 nitrogen and oxygen atoms in total. The largest absolute Gasteiger partial charge is 0.481 e. The first-order chi connectivity index (χ1) is 14.1. The van der Waals surface area contributed by atoms with Gasteiger partial charge in [0, 0.05) is 13.0 Å². The summed E-state index contributed by atoms with van der Waals surface area (Å²) >= 11 is 1.47. The second-order valence-corrected chi connectivity index (χ2v) is 8.14. The summed E-state index contributed by atoms with van der Waals surface area (Å²) in [5.74, 6) is -3.56. The standard InChI is InChI=1S/C18H30N4O7S/c1-10(19)15(25)20-11(7-9-30-2)16(26)21-12(5-6-14(23)24)17(27)22-8-3-4-13(22)18(28)29/h10-13H,3-9,19H2,1-2H3,(H,20,25)(H,21,26)(H,23,24)(H,28,29). The summed E-state index contributed by atoms with van der Waals surface area (Å²) in [6.07, 6.45) is 2.33. The van der Waals surface area contributed by atoms with Crippen LogP contribution in [0.5, 0.6) is 0 Å². The number of carbonyl (C=O) groups is 5. The van der Waals surface area contributed by atoms with Crippen molar-refractivity contribution in [2.24, 2.45) is 5.73 Å². The normalized spacial score (nSPS) is 18.9. The van der Waals surface area contributed by atoms with E-state index in [0.717, 1.165) is 4.90 Å². The minimum Gasteiger partial charge on any atom is -0.481 e. The van der Waals surface area contributed by atoms with Crippen molar-refractivity contribution < 1.29 is 34.2 Å². The molecule has 1 aliphatic heterocycles. The molecule has 1 rings (SSSR count). The smallest absolute Gasteiger partial charge is 0.326 e. The van der Waals surface area contributed by atoms with Crippen LogP contribution in [0.1, 0.15) is 39.0 Å². The number of nitrogens with one attached hydrogen (secondary N) is 2. The number of aliphatic carboxylic acids is 2. The summed E-state index contributed by atoms with van der Waals surface area (Å²) in [6, 6.07) is -4.01. The molecule has 1 heterocycles. The monoisotopic (exact) mass is 446 g/mol. The Morgan fingerprint density at radius 2 is 1.73 bits per heavy atom. The lowest BCUT2D eigenvalue weighted by Gasteiger charge is -2.28. The second-order valence-electron chi connectivity index (χ2n) is 7.15. The highest BCUT2D eigenvalue weighted by Gasteiger charge is 2.38. The minimum atomic E-state index is -1.21. The maximum absolute atomic E-state index is 12.9. The SMILES string of the molecule is CSCCC(NC(=O)C(C)N)C(=O)NC(CCC(=O)O)C(=O)N1CCCC1C(=O)O. The highest BCUT2D eigenvalue weighted by atomic mass is 32.2. The lowest BCUT2D eigenvalue weighted by Crippen LogP contribution is -2.57. The Morgan fingerprint density at radius 3 is 2.27 bits per heavy atom. The van der Waals surface area contributed by atoms with Crippen LogP contribution in [0.15, 0.2) is 0 Å². The van der Waals surface area contributed by atoms with Crippen LogP contribution in [0.2, 0.25) is 0 Å². The van der Waals surface area contributed by atoms with Crippen molar-refractivity contribution in [1.29, 1.82) is 0 Å². The maximum Gasteiger partial charge on any atom is 0.326 e. The molecule has 3 amide bonds. The van der Waals surface area contributed by atoms with Crippen molar-refractivity contribution in [3.8, 4) is 0 Å². The van der Waals surface area contributed by atoms with E-state index in [9.17, 15) is 29.1 Å². The number of carboxylic acid groups (broad SMARTS) is 2. The molecule has 0 aromatic rings. The van der Waals surface area contributed by atoms with Crippen LogP contribution < -0.4 is 16.4 Å². The topological polar surface area (TPSA) is 179 Å². The van der Waals surface area contributed by atoms with Crippen LogP contribution in [-0.4, -0.2) is 87.5 Å². The van der Waals surface area contributed by atoms with Gasteiger partial charge < -0.3 is 31.5 Å². The fourth-order valence-electron chi connectivity index (χ4n) is 3.09. The van der Waals surface area contributed by atoms with E-state index in [2.05, 4.69) is 10.6 Å². The Bertz CT molecular complexity index is 658. The van der Waals surface area contributed by atoms with Crippen LogP contribution in [0.4, 0.5) is 0 Å². The number of thioether (sulfide) groups is 1. The van der Waals surface area contributed by atoms with Gasteiger partial charge in [-0.05, 0) is 44.6 Å². The number of carboxylic acids is 2. The van der Waals surface area contributed by atoms with Crippen molar-refractivity contribution in [2.75, 3.05) is 18.6 Å². The van der Waals surface area contributed by atoms with E-state index in [1.54, 1.807) is 0 Å². The van der Waals surface area contributed by atoms with Crippen LogP contribution >= 0.6 is 11.8 Å². The Kier molecular flexibility index (Phi) is 10.6. The van der Waals surface area contributed by atoms with Gasteiger partial charge in [0.2, 0.25) is 17.7 Å². The summed E-state index contributed by atoms with van der Waals surface area (Å²) < 4.78 is 0. The van der Waals surface area contributed by atoms with E-state index in [1.165, 1.54) is 18.7 Å². The summed E-state index contributed by atoms with van der Waals surface area (Å²) in [5, 5.41) is 23.3. The van der Waals surface area contributed by atoms with Crippen LogP contribution in [0.25, 0.3) is 0 Å². The van der Waals surface area contributed by atoms with E-state index < -0.39 is 53.8 Å². The molecule has 0 spiro atoms. The molecule has 12 heteroatoms. The predicted molar refractivity (Wildman–Crippen MR) is 110 cm³/mol. The molecule has 0 saturated carbocycles. The highest BCUT2D eigenvalue weighted by Crippen LogP contribution is 2.19. The molecule has 0 radical (unpaired) electrons. The molecule has 0 aromatic heterocycles. The summed E-state index contributed by atoms with van der Waals surface area (Å²) in [7, 11) is 0. The van der Waals surface area contributed by atoms with Gasteiger partial charge in [-0.15, -0.1) is 0 Å². The van der Waals surface area contributed by atoms with Crippen molar-refractivity contribution in [1.82, 2.24) is 15.5 Å². The van der Waals surface area contributed by atoms with Crippen molar-refractivity contribution >= 4 is 41.4 Å². The van der Waals surface area contributed by atoms with E-state index in [-0.39, 0.29) is 25.8 Å². The Hall–Kier alpha value is -2.34. The average molecular weight is 447 g/mol. The van der Waals surface area contributed by atoms with E-state index in [1.807, 2.05) is 6.26 Å². The van der Waals surface area contributed by atoms with E-state index in [0.29, 0.717) is 18.6 Å². The lowest BCUT2D eigenvalue weighted by atomic mass is 10.1. The Morgan fingerprint density at radius 1 is 1.10 bits per heavy atom. The van der Waals surface area contributed by atoms with Gasteiger partial charge in [0.15, 0.2) is 0 Å². The van der Waals surface area contributed by atoms with Crippen LogP contribution in [-0.2, 0) is 24.0 Å². The van der Waals surface area contributed by atoms with Gasteiger partial charge in [0.1, 0.15) is 18.1 Å². The number of amides is 3. The summed E-state index contributed by atoms with van der Waals surface area (Å²) in [6.45, 7) is 1.68. The summed E-state index contributed by atoms with van der Waals surface area (Å²) in [4.78, 5) is 61.2. The minimum absolute atomic E-state index is 0.195.